The smallest absolute Gasteiger partial charge is 0.352 e. The van der Waals surface area contributed by atoms with Crippen LogP contribution in [-0.4, -0.2) is 64.5 Å². The number of nitrogens with zero attached hydrogens (tertiary/aromatic N) is 4. The van der Waals surface area contributed by atoms with Crippen LogP contribution in [0.15, 0.2) is 33.9 Å². The van der Waals surface area contributed by atoms with Crippen LogP contribution in [0.3, 0.4) is 0 Å². The number of aryl methyl sites for hydroxylation is 1. The van der Waals surface area contributed by atoms with Gasteiger partial charge < -0.3 is 10.1 Å². The highest BCUT2D eigenvalue weighted by molar-refractivity contribution is 5.91. The van der Waals surface area contributed by atoms with E-state index in [9.17, 15) is 14.4 Å². The molecule has 9 nitrogen and oxygen atoms in total. The summed E-state index contributed by atoms with van der Waals surface area (Å²) in [5.41, 5.74) is -0.0836. The van der Waals surface area contributed by atoms with Gasteiger partial charge in [0.2, 0.25) is 5.69 Å². The number of carbonyl (C=O) groups excluding carboxylic acids is 1. The molecule has 0 unspecified atom stereocenters. The lowest BCUT2D eigenvalue weighted by molar-refractivity contribution is 0.0383. The van der Waals surface area contributed by atoms with Gasteiger partial charge in [0, 0.05) is 32.7 Å². The number of amides is 1. The predicted octanol–water partition coefficient (Wildman–Crippen LogP) is -0.215. The molecule has 1 saturated heterocycles. The normalized spacial score (nSPS) is 14.8. The fourth-order valence-corrected chi connectivity index (χ4v) is 3.10. The first-order chi connectivity index (χ1) is 13.5. The molecule has 1 N–H and O–H groups in total. The molecule has 1 fully saturated rings. The maximum absolute atomic E-state index is 12.6. The lowest BCUT2D eigenvalue weighted by Crippen LogP contribution is -2.46. The summed E-state index contributed by atoms with van der Waals surface area (Å²) in [6.07, 6.45) is 0. The van der Waals surface area contributed by atoms with Gasteiger partial charge in [0.25, 0.3) is 11.5 Å². The first-order valence-electron chi connectivity index (χ1n) is 9.40. The number of carbonyl (C=O) groups is 1. The zero-order valence-corrected chi connectivity index (χ0v) is 16.2. The highest BCUT2D eigenvalue weighted by Gasteiger charge is 2.20. The van der Waals surface area contributed by atoms with E-state index >= 15 is 0 Å². The van der Waals surface area contributed by atoms with Crippen LogP contribution in [0, 0.1) is 6.92 Å². The maximum Gasteiger partial charge on any atom is 0.352 e. The minimum atomic E-state index is -0.680. The monoisotopic (exact) mass is 387 g/mol. The molecular formula is C19H25N5O4. The van der Waals surface area contributed by atoms with Crippen molar-refractivity contribution in [2.24, 2.45) is 0 Å². The molecule has 3 rings (SSSR count). The highest BCUT2D eigenvalue weighted by Crippen LogP contribution is 2.06. The number of aromatic nitrogens is 3. The molecular weight excluding hydrogens is 362 g/mol. The third-order valence-electron chi connectivity index (χ3n) is 4.65. The van der Waals surface area contributed by atoms with Gasteiger partial charge in [-0.1, -0.05) is 12.1 Å². The molecule has 150 valence electrons. The fourth-order valence-electron chi connectivity index (χ4n) is 3.10. The summed E-state index contributed by atoms with van der Waals surface area (Å²) in [7, 11) is 0. The summed E-state index contributed by atoms with van der Waals surface area (Å²) >= 11 is 0. The predicted molar refractivity (Wildman–Crippen MR) is 104 cm³/mol. The van der Waals surface area contributed by atoms with Crippen molar-refractivity contribution < 1.29 is 9.53 Å². The van der Waals surface area contributed by atoms with Gasteiger partial charge in [-0.15, -0.1) is 0 Å². The topological polar surface area (TPSA) is 98.5 Å². The Labute approximate surface area is 162 Å². The van der Waals surface area contributed by atoms with E-state index < -0.39 is 17.2 Å². The van der Waals surface area contributed by atoms with Crippen molar-refractivity contribution in [1.82, 2.24) is 24.6 Å². The molecule has 2 heterocycles. The quantitative estimate of drug-likeness (QED) is 0.736. The van der Waals surface area contributed by atoms with Crippen molar-refractivity contribution in [3.05, 3.63) is 56.4 Å². The van der Waals surface area contributed by atoms with Gasteiger partial charge in [0.15, 0.2) is 0 Å². The Morgan fingerprint density at radius 1 is 1.25 bits per heavy atom. The lowest BCUT2D eigenvalue weighted by atomic mass is 10.2. The van der Waals surface area contributed by atoms with Crippen LogP contribution >= 0.6 is 0 Å². The SMILES string of the molecule is CCn1c(=O)c(C(=O)NCCN2CCOCC2)nn(-c2cccc(C)c2)c1=O. The van der Waals surface area contributed by atoms with E-state index in [-0.39, 0.29) is 12.2 Å². The van der Waals surface area contributed by atoms with Gasteiger partial charge in [-0.25, -0.2) is 4.79 Å². The largest absolute Gasteiger partial charge is 0.379 e. The highest BCUT2D eigenvalue weighted by atomic mass is 16.5. The second kappa shape index (κ2) is 8.94. The lowest BCUT2D eigenvalue weighted by Gasteiger charge is -2.26. The maximum atomic E-state index is 12.6. The number of morpholine rings is 1. The Balaban J connectivity index is 1.85. The van der Waals surface area contributed by atoms with Gasteiger partial charge >= 0.3 is 5.69 Å². The summed E-state index contributed by atoms with van der Waals surface area (Å²) in [5.74, 6) is -0.582. The van der Waals surface area contributed by atoms with Gasteiger partial charge in [0.05, 0.1) is 18.9 Å². The van der Waals surface area contributed by atoms with Crippen LogP contribution in [0.5, 0.6) is 0 Å². The van der Waals surface area contributed by atoms with Crippen molar-refractivity contribution in [1.29, 1.82) is 0 Å². The van der Waals surface area contributed by atoms with E-state index in [0.29, 0.717) is 32.0 Å². The second-order valence-electron chi connectivity index (χ2n) is 6.64. The average Bonchev–Trinajstić information content (AvgIpc) is 2.69. The average molecular weight is 387 g/mol. The standard InChI is InChI=1S/C19H25N5O4/c1-3-23-18(26)16(17(25)20-7-8-22-9-11-28-12-10-22)21-24(19(23)27)15-6-4-5-14(2)13-15/h4-6,13H,3,7-12H2,1-2H3,(H,20,25). The summed E-state index contributed by atoms with van der Waals surface area (Å²) in [5, 5.41) is 6.82. The second-order valence-corrected chi connectivity index (χ2v) is 6.64. The Hall–Kier alpha value is -2.78. The number of nitrogens with one attached hydrogen (secondary N) is 1. The molecule has 1 amide bonds. The van der Waals surface area contributed by atoms with Gasteiger partial charge in [-0.3, -0.25) is 19.1 Å². The molecule has 0 atom stereocenters. The van der Waals surface area contributed by atoms with Crippen LogP contribution in [0.25, 0.3) is 5.69 Å². The molecule has 28 heavy (non-hydrogen) atoms. The molecule has 9 heteroatoms. The molecule has 2 aromatic rings. The van der Waals surface area contributed by atoms with E-state index in [4.69, 9.17) is 4.74 Å². The molecule has 1 aliphatic heterocycles. The van der Waals surface area contributed by atoms with Crippen molar-refractivity contribution in [3.8, 4) is 5.69 Å². The Bertz CT molecular complexity index is 960. The number of ether oxygens (including phenoxy) is 1. The van der Waals surface area contributed by atoms with Crippen molar-refractivity contribution in [2.45, 2.75) is 20.4 Å². The van der Waals surface area contributed by atoms with Crippen LogP contribution in [0.2, 0.25) is 0 Å². The van der Waals surface area contributed by atoms with Crippen LogP contribution in [-0.2, 0) is 11.3 Å². The Kier molecular flexibility index (Phi) is 6.37. The van der Waals surface area contributed by atoms with Gasteiger partial charge in [0.1, 0.15) is 0 Å². The molecule has 0 radical (unpaired) electrons. The minimum absolute atomic E-state index is 0.153. The Morgan fingerprint density at radius 2 is 2.00 bits per heavy atom. The molecule has 1 aromatic carbocycles. The van der Waals surface area contributed by atoms with E-state index in [0.717, 1.165) is 27.9 Å². The van der Waals surface area contributed by atoms with Gasteiger partial charge in [-0.2, -0.15) is 9.78 Å². The first-order valence-corrected chi connectivity index (χ1v) is 9.40. The summed E-state index contributed by atoms with van der Waals surface area (Å²) in [4.78, 5) is 40.0. The minimum Gasteiger partial charge on any atom is -0.379 e. The third kappa shape index (κ3) is 4.37. The molecule has 0 spiro atoms. The number of hydrogen-bond donors (Lipinski definition) is 1. The van der Waals surface area contributed by atoms with E-state index in [1.807, 2.05) is 13.0 Å². The summed E-state index contributed by atoms with van der Waals surface area (Å²) in [6, 6.07) is 7.18. The number of hydrogen-bond acceptors (Lipinski definition) is 6. The number of rotatable bonds is 6. The van der Waals surface area contributed by atoms with Crippen LogP contribution < -0.4 is 16.6 Å². The van der Waals surface area contributed by atoms with Crippen molar-refractivity contribution in [3.63, 3.8) is 0 Å². The first kappa shape index (κ1) is 20.0. The molecule has 0 aliphatic carbocycles. The Morgan fingerprint density at radius 3 is 2.68 bits per heavy atom. The molecule has 1 aliphatic rings. The molecule has 0 saturated carbocycles. The molecule has 1 aromatic heterocycles. The van der Waals surface area contributed by atoms with Crippen molar-refractivity contribution >= 4 is 5.91 Å². The van der Waals surface area contributed by atoms with Crippen molar-refractivity contribution in [2.75, 3.05) is 39.4 Å². The zero-order valence-electron chi connectivity index (χ0n) is 16.2. The third-order valence-corrected chi connectivity index (χ3v) is 4.65. The fraction of sp³-hybridized carbons (Fsp3) is 0.474. The summed E-state index contributed by atoms with van der Waals surface area (Å²) < 4.78 is 7.42. The van der Waals surface area contributed by atoms with E-state index in [2.05, 4.69) is 15.3 Å². The van der Waals surface area contributed by atoms with Gasteiger partial charge in [-0.05, 0) is 31.5 Å². The summed E-state index contributed by atoms with van der Waals surface area (Å²) in [6.45, 7) is 7.76. The molecule has 0 bridgehead atoms. The van der Waals surface area contributed by atoms with Crippen LogP contribution in [0.4, 0.5) is 0 Å². The van der Waals surface area contributed by atoms with Crippen LogP contribution in [0.1, 0.15) is 23.0 Å². The van der Waals surface area contributed by atoms with E-state index in [1.54, 1.807) is 25.1 Å². The zero-order chi connectivity index (χ0) is 20.1. The van der Waals surface area contributed by atoms with E-state index in [1.165, 1.54) is 0 Å². The number of benzene rings is 1.